The largest absolute Gasteiger partial charge is 0.430 e. The summed E-state index contributed by atoms with van der Waals surface area (Å²) in [6.07, 6.45) is 0. The van der Waals surface area contributed by atoms with Crippen LogP contribution in [-0.2, 0) is 0 Å². The molecule has 0 saturated carbocycles. The molecule has 0 atom stereocenters. The van der Waals surface area contributed by atoms with Crippen LogP contribution in [0.3, 0.4) is 0 Å². The van der Waals surface area contributed by atoms with Gasteiger partial charge in [-0.1, -0.05) is 16.4 Å². The van der Waals surface area contributed by atoms with Crippen LogP contribution in [0.5, 0.6) is 10.9 Å². The van der Waals surface area contributed by atoms with Crippen LogP contribution >= 0.6 is 11.3 Å². The number of nitrogens with two attached hydrogens (primary N) is 1. The van der Waals surface area contributed by atoms with Gasteiger partial charge >= 0.3 is 0 Å². The molecule has 4 nitrogen and oxygen atoms in total. The average Bonchev–Trinajstić information content (AvgIpc) is 2.56. The molecule has 1 aromatic carbocycles. The molecular weight excluding hydrogens is 198 g/mol. The van der Waals surface area contributed by atoms with E-state index in [1.165, 1.54) is 11.3 Å². The van der Waals surface area contributed by atoms with Gasteiger partial charge in [0.05, 0.1) is 0 Å². The van der Waals surface area contributed by atoms with Gasteiger partial charge in [0.1, 0.15) is 10.8 Å². The maximum absolute atomic E-state index is 5.54. The van der Waals surface area contributed by atoms with E-state index in [1.54, 1.807) is 24.3 Å². The fraction of sp³-hybridized carbons (Fsp3) is 0.111. The van der Waals surface area contributed by atoms with Crippen LogP contribution < -0.4 is 10.5 Å². The van der Waals surface area contributed by atoms with E-state index in [1.807, 2.05) is 6.92 Å². The van der Waals surface area contributed by atoms with E-state index in [2.05, 4.69) is 10.2 Å². The summed E-state index contributed by atoms with van der Waals surface area (Å²) in [7, 11) is 0. The Hall–Kier alpha value is -1.62. The maximum atomic E-state index is 5.54. The summed E-state index contributed by atoms with van der Waals surface area (Å²) in [5.74, 6) is 0.718. The van der Waals surface area contributed by atoms with Gasteiger partial charge in [-0.2, -0.15) is 0 Å². The Balaban J connectivity index is 2.15. The number of aromatic nitrogens is 2. The summed E-state index contributed by atoms with van der Waals surface area (Å²) in [5.41, 5.74) is 6.26. The second-order valence-corrected chi connectivity index (χ2v) is 3.90. The molecule has 5 heteroatoms. The highest BCUT2D eigenvalue weighted by Gasteiger charge is 2.02. The molecule has 0 spiro atoms. The van der Waals surface area contributed by atoms with E-state index in [0.717, 1.165) is 10.8 Å². The zero-order chi connectivity index (χ0) is 9.97. The van der Waals surface area contributed by atoms with E-state index in [0.29, 0.717) is 10.9 Å². The van der Waals surface area contributed by atoms with Gasteiger partial charge in [-0.25, -0.2) is 0 Å². The molecule has 0 radical (unpaired) electrons. The first-order valence-corrected chi connectivity index (χ1v) is 4.89. The van der Waals surface area contributed by atoms with Crippen molar-refractivity contribution in [1.29, 1.82) is 0 Å². The fourth-order valence-electron chi connectivity index (χ4n) is 0.956. The van der Waals surface area contributed by atoms with E-state index in [-0.39, 0.29) is 0 Å². The highest BCUT2D eigenvalue weighted by molar-refractivity contribution is 7.13. The predicted molar refractivity (Wildman–Crippen MR) is 55.6 cm³/mol. The number of aryl methyl sites for hydroxylation is 1. The monoisotopic (exact) mass is 207 g/mol. The maximum Gasteiger partial charge on any atom is 0.299 e. The molecule has 0 aliphatic heterocycles. The molecule has 2 N–H and O–H groups in total. The number of rotatable bonds is 2. The molecule has 1 heterocycles. The van der Waals surface area contributed by atoms with Gasteiger partial charge in [0.25, 0.3) is 5.19 Å². The summed E-state index contributed by atoms with van der Waals surface area (Å²) in [5, 5.41) is 9.13. The summed E-state index contributed by atoms with van der Waals surface area (Å²) in [6.45, 7) is 1.88. The number of benzene rings is 1. The van der Waals surface area contributed by atoms with Gasteiger partial charge in [0, 0.05) is 5.69 Å². The average molecular weight is 207 g/mol. The first kappa shape index (κ1) is 8.96. The van der Waals surface area contributed by atoms with E-state index < -0.39 is 0 Å². The molecule has 0 unspecified atom stereocenters. The van der Waals surface area contributed by atoms with Crippen molar-refractivity contribution in [3.8, 4) is 10.9 Å². The van der Waals surface area contributed by atoms with Crippen LogP contribution in [0.1, 0.15) is 5.01 Å². The molecule has 1 aromatic heterocycles. The van der Waals surface area contributed by atoms with Crippen molar-refractivity contribution in [1.82, 2.24) is 10.2 Å². The van der Waals surface area contributed by atoms with Gasteiger partial charge in [-0.3, -0.25) is 0 Å². The lowest BCUT2D eigenvalue weighted by atomic mass is 10.3. The first-order valence-electron chi connectivity index (χ1n) is 4.07. The number of ether oxygens (including phenoxy) is 1. The topological polar surface area (TPSA) is 61.0 Å². The minimum absolute atomic E-state index is 0.548. The highest BCUT2D eigenvalue weighted by Crippen LogP contribution is 2.24. The Morgan fingerprint density at radius 2 is 1.93 bits per heavy atom. The summed E-state index contributed by atoms with van der Waals surface area (Å²) in [4.78, 5) is 0. The Morgan fingerprint density at radius 3 is 2.50 bits per heavy atom. The van der Waals surface area contributed by atoms with Gasteiger partial charge in [0.15, 0.2) is 0 Å². The van der Waals surface area contributed by atoms with Crippen molar-refractivity contribution in [2.45, 2.75) is 6.92 Å². The van der Waals surface area contributed by atoms with E-state index in [9.17, 15) is 0 Å². The minimum Gasteiger partial charge on any atom is -0.430 e. The van der Waals surface area contributed by atoms with Crippen LogP contribution in [0.25, 0.3) is 0 Å². The van der Waals surface area contributed by atoms with Crippen LogP contribution in [0.15, 0.2) is 24.3 Å². The molecule has 0 aliphatic rings. The number of anilines is 1. The van der Waals surface area contributed by atoms with Crippen molar-refractivity contribution in [3.63, 3.8) is 0 Å². The lowest BCUT2D eigenvalue weighted by molar-refractivity contribution is 0.473. The van der Waals surface area contributed by atoms with Crippen LogP contribution in [0.4, 0.5) is 5.69 Å². The summed E-state index contributed by atoms with van der Waals surface area (Å²) in [6, 6.07) is 7.16. The second kappa shape index (κ2) is 3.63. The third-order valence-corrected chi connectivity index (χ3v) is 2.31. The molecule has 0 fully saturated rings. The van der Waals surface area contributed by atoms with Crippen molar-refractivity contribution in [2.24, 2.45) is 0 Å². The highest BCUT2D eigenvalue weighted by atomic mass is 32.1. The van der Waals surface area contributed by atoms with Crippen LogP contribution in [0.2, 0.25) is 0 Å². The summed E-state index contributed by atoms with van der Waals surface area (Å²) < 4.78 is 5.44. The van der Waals surface area contributed by atoms with E-state index >= 15 is 0 Å². The van der Waals surface area contributed by atoms with Crippen molar-refractivity contribution in [2.75, 3.05) is 5.73 Å². The van der Waals surface area contributed by atoms with Crippen molar-refractivity contribution >= 4 is 17.0 Å². The van der Waals surface area contributed by atoms with Gasteiger partial charge in [-0.05, 0) is 31.2 Å². The standard InChI is InChI=1S/C9H9N3OS/c1-6-11-12-9(14-6)13-8-4-2-7(10)3-5-8/h2-5H,10H2,1H3. The minimum atomic E-state index is 0.548. The molecule has 0 saturated heterocycles. The Kier molecular flexibility index (Phi) is 2.32. The molecular formula is C9H9N3OS. The molecule has 0 bridgehead atoms. The smallest absolute Gasteiger partial charge is 0.299 e. The number of hydrogen-bond acceptors (Lipinski definition) is 5. The third-order valence-electron chi connectivity index (χ3n) is 1.59. The Labute approximate surface area is 85.4 Å². The molecule has 2 rings (SSSR count). The van der Waals surface area contributed by atoms with Gasteiger partial charge in [0.2, 0.25) is 0 Å². The second-order valence-electron chi connectivity index (χ2n) is 2.76. The van der Waals surface area contributed by atoms with Crippen LogP contribution in [-0.4, -0.2) is 10.2 Å². The quantitative estimate of drug-likeness (QED) is 0.767. The van der Waals surface area contributed by atoms with E-state index in [4.69, 9.17) is 10.5 Å². The normalized spacial score (nSPS) is 10.1. The molecule has 72 valence electrons. The Bertz CT molecular complexity index is 424. The van der Waals surface area contributed by atoms with Crippen molar-refractivity contribution < 1.29 is 4.74 Å². The molecule has 14 heavy (non-hydrogen) atoms. The van der Waals surface area contributed by atoms with Gasteiger partial charge in [-0.15, -0.1) is 5.10 Å². The first-order chi connectivity index (χ1) is 6.74. The molecule has 0 aliphatic carbocycles. The zero-order valence-corrected chi connectivity index (χ0v) is 8.41. The van der Waals surface area contributed by atoms with Crippen LogP contribution in [0, 0.1) is 6.92 Å². The number of nitrogen functional groups attached to an aromatic ring is 1. The van der Waals surface area contributed by atoms with Gasteiger partial charge < -0.3 is 10.5 Å². The lowest BCUT2D eigenvalue weighted by Gasteiger charge is -2.00. The van der Waals surface area contributed by atoms with Crippen molar-refractivity contribution in [3.05, 3.63) is 29.3 Å². The summed E-state index contributed by atoms with van der Waals surface area (Å²) >= 11 is 1.41. The lowest BCUT2D eigenvalue weighted by Crippen LogP contribution is -1.86. The predicted octanol–water partition coefficient (Wildman–Crippen LogP) is 2.22. The third kappa shape index (κ3) is 2.00. The molecule has 0 amide bonds. The fourth-order valence-corrected chi connectivity index (χ4v) is 1.51. The number of nitrogens with zero attached hydrogens (tertiary/aromatic N) is 2. The number of hydrogen-bond donors (Lipinski definition) is 1. The SMILES string of the molecule is Cc1nnc(Oc2ccc(N)cc2)s1. The zero-order valence-electron chi connectivity index (χ0n) is 7.60. The molecule has 2 aromatic rings. The Morgan fingerprint density at radius 1 is 1.21 bits per heavy atom.